The van der Waals surface area contributed by atoms with Gasteiger partial charge in [-0.3, -0.25) is 9.36 Å². The van der Waals surface area contributed by atoms with Crippen LogP contribution in [-0.4, -0.2) is 27.6 Å². The Morgan fingerprint density at radius 2 is 2.06 bits per heavy atom. The number of methoxy groups -OCH3 is 1. The molecule has 0 bridgehead atoms. The SMILES string of the molecule is COC(=O)c1nc(Cl)ccc1N[C@H](C)c1cc(C)cc2c(=O)n(C)c(CC3CC3)nc12. The maximum Gasteiger partial charge on any atom is 0.358 e. The van der Waals surface area contributed by atoms with Gasteiger partial charge in [-0.15, -0.1) is 0 Å². The largest absolute Gasteiger partial charge is 0.464 e. The first-order chi connectivity index (χ1) is 14.8. The van der Waals surface area contributed by atoms with E-state index in [0.717, 1.165) is 23.4 Å². The number of nitrogens with one attached hydrogen (secondary N) is 1. The molecule has 1 aromatic carbocycles. The van der Waals surface area contributed by atoms with Crippen LogP contribution in [0.4, 0.5) is 5.69 Å². The number of hydrogen-bond acceptors (Lipinski definition) is 6. The topological polar surface area (TPSA) is 86.1 Å². The third kappa shape index (κ3) is 4.28. The van der Waals surface area contributed by atoms with Gasteiger partial charge >= 0.3 is 5.97 Å². The summed E-state index contributed by atoms with van der Waals surface area (Å²) in [7, 11) is 3.09. The van der Waals surface area contributed by atoms with Crippen molar-refractivity contribution < 1.29 is 9.53 Å². The fraction of sp³-hybridized carbons (Fsp3) is 0.391. The van der Waals surface area contributed by atoms with Crippen LogP contribution in [-0.2, 0) is 18.2 Å². The number of anilines is 1. The van der Waals surface area contributed by atoms with Gasteiger partial charge in [-0.2, -0.15) is 0 Å². The van der Waals surface area contributed by atoms with E-state index in [4.69, 9.17) is 21.3 Å². The van der Waals surface area contributed by atoms with Gasteiger partial charge < -0.3 is 10.1 Å². The van der Waals surface area contributed by atoms with Crippen LogP contribution >= 0.6 is 11.6 Å². The van der Waals surface area contributed by atoms with Crippen molar-refractivity contribution in [1.29, 1.82) is 0 Å². The molecule has 0 amide bonds. The van der Waals surface area contributed by atoms with Crippen LogP contribution in [0.25, 0.3) is 10.9 Å². The third-order valence-corrected chi connectivity index (χ3v) is 5.90. The second kappa shape index (κ2) is 8.30. The molecule has 2 aromatic heterocycles. The average Bonchev–Trinajstić information content (AvgIpc) is 3.56. The Morgan fingerprint density at radius 1 is 1.32 bits per heavy atom. The number of rotatable bonds is 6. The predicted molar refractivity (Wildman–Crippen MR) is 121 cm³/mol. The average molecular weight is 441 g/mol. The molecule has 1 aliphatic rings. The summed E-state index contributed by atoms with van der Waals surface area (Å²) < 4.78 is 6.51. The molecule has 1 fully saturated rings. The fourth-order valence-electron chi connectivity index (χ4n) is 3.80. The maximum atomic E-state index is 13.1. The van der Waals surface area contributed by atoms with E-state index in [2.05, 4.69) is 10.3 Å². The van der Waals surface area contributed by atoms with Crippen LogP contribution in [0.3, 0.4) is 0 Å². The van der Waals surface area contributed by atoms with Gasteiger partial charge in [0.2, 0.25) is 0 Å². The number of carbonyl (C=O) groups is 1. The number of carbonyl (C=O) groups excluding carboxylic acids is 1. The summed E-state index contributed by atoms with van der Waals surface area (Å²) in [6.07, 6.45) is 3.18. The zero-order chi connectivity index (χ0) is 22.3. The number of hydrogen-bond donors (Lipinski definition) is 1. The Bertz CT molecular complexity index is 1230. The lowest BCUT2D eigenvalue weighted by Gasteiger charge is -2.20. The van der Waals surface area contributed by atoms with Gasteiger partial charge in [0.15, 0.2) is 5.69 Å². The van der Waals surface area contributed by atoms with Gasteiger partial charge in [0.25, 0.3) is 5.56 Å². The first kappa shape index (κ1) is 21.3. The van der Waals surface area contributed by atoms with Crippen molar-refractivity contribution in [3.63, 3.8) is 0 Å². The van der Waals surface area contributed by atoms with E-state index in [1.54, 1.807) is 23.7 Å². The molecule has 3 aromatic rings. The van der Waals surface area contributed by atoms with E-state index in [9.17, 15) is 9.59 Å². The second-order valence-corrected chi connectivity index (χ2v) is 8.57. The minimum atomic E-state index is -0.579. The first-order valence-electron chi connectivity index (χ1n) is 10.3. The smallest absolute Gasteiger partial charge is 0.358 e. The number of aromatic nitrogens is 3. The minimum Gasteiger partial charge on any atom is -0.464 e. The standard InChI is InChI=1S/C23H25ClN4O3/c1-12-9-15(13(2)25-17-7-8-18(24)26-21(17)23(30)31-4)20-16(10-12)22(29)28(3)19(27-20)11-14-5-6-14/h7-10,13-14,25H,5-6,11H2,1-4H3/t13-/m1/s1. The highest BCUT2D eigenvalue weighted by Crippen LogP contribution is 2.33. The molecule has 0 unspecified atom stereocenters. The van der Waals surface area contributed by atoms with E-state index in [1.165, 1.54) is 20.0 Å². The van der Waals surface area contributed by atoms with Crippen molar-refractivity contribution in [2.75, 3.05) is 12.4 Å². The number of fused-ring (bicyclic) bond motifs is 1. The lowest BCUT2D eigenvalue weighted by Crippen LogP contribution is -2.24. The molecule has 8 heteroatoms. The molecular formula is C23H25ClN4O3. The van der Waals surface area contributed by atoms with Crippen molar-refractivity contribution >= 4 is 34.2 Å². The lowest BCUT2D eigenvalue weighted by atomic mass is 10.0. The Balaban J connectivity index is 1.79. The molecule has 4 rings (SSSR count). The second-order valence-electron chi connectivity index (χ2n) is 8.18. The summed E-state index contributed by atoms with van der Waals surface area (Å²) >= 11 is 5.97. The minimum absolute atomic E-state index is 0.0405. The molecular weight excluding hydrogens is 416 g/mol. The van der Waals surface area contributed by atoms with E-state index >= 15 is 0 Å². The molecule has 1 aliphatic carbocycles. The van der Waals surface area contributed by atoms with Crippen molar-refractivity contribution in [2.24, 2.45) is 13.0 Å². The molecule has 0 spiro atoms. The summed E-state index contributed by atoms with van der Waals surface area (Å²) in [5, 5.41) is 4.12. The van der Waals surface area contributed by atoms with Crippen LogP contribution < -0.4 is 10.9 Å². The zero-order valence-corrected chi connectivity index (χ0v) is 18.8. The third-order valence-electron chi connectivity index (χ3n) is 5.69. The highest BCUT2D eigenvalue weighted by molar-refractivity contribution is 6.29. The maximum absolute atomic E-state index is 13.1. The van der Waals surface area contributed by atoms with Gasteiger partial charge in [0.1, 0.15) is 11.0 Å². The summed E-state index contributed by atoms with van der Waals surface area (Å²) in [5.74, 6) is 0.841. The van der Waals surface area contributed by atoms with Crippen LogP contribution in [0.2, 0.25) is 5.15 Å². The quantitative estimate of drug-likeness (QED) is 0.456. The zero-order valence-electron chi connectivity index (χ0n) is 18.0. The lowest BCUT2D eigenvalue weighted by molar-refractivity contribution is 0.0595. The summed E-state index contributed by atoms with van der Waals surface area (Å²) in [4.78, 5) is 34.3. The Hall–Kier alpha value is -2.93. The van der Waals surface area contributed by atoms with Crippen LogP contribution in [0.15, 0.2) is 29.1 Å². The van der Waals surface area contributed by atoms with E-state index in [-0.39, 0.29) is 22.4 Å². The van der Waals surface area contributed by atoms with Crippen LogP contribution in [0.5, 0.6) is 0 Å². The number of aryl methyl sites for hydroxylation is 1. The Kier molecular flexibility index (Phi) is 5.71. The highest BCUT2D eigenvalue weighted by atomic mass is 35.5. The normalized spacial score (nSPS) is 14.5. The highest BCUT2D eigenvalue weighted by Gasteiger charge is 2.25. The Morgan fingerprint density at radius 3 is 2.74 bits per heavy atom. The van der Waals surface area contributed by atoms with E-state index < -0.39 is 5.97 Å². The van der Waals surface area contributed by atoms with Crippen molar-refractivity contribution in [3.8, 4) is 0 Å². The first-order valence-corrected chi connectivity index (χ1v) is 10.7. The van der Waals surface area contributed by atoms with Gasteiger partial charge in [-0.05, 0) is 56.4 Å². The predicted octanol–water partition coefficient (Wildman–Crippen LogP) is 4.20. The number of pyridine rings is 1. The number of nitrogens with zero attached hydrogens (tertiary/aromatic N) is 3. The molecule has 0 radical (unpaired) electrons. The molecule has 162 valence electrons. The van der Waals surface area contributed by atoms with Crippen molar-refractivity contribution in [2.45, 2.75) is 39.2 Å². The van der Waals surface area contributed by atoms with Crippen LogP contribution in [0.1, 0.15) is 53.2 Å². The number of ether oxygens (including phenoxy) is 1. The molecule has 7 nitrogen and oxygen atoms in total. The Labute approximate surface area is 185 Å². The molecule has 31 heavy (non-hydrogen) atoms. The number of halogens is 1. The van der Waals surface area contributed by atoms with E-state index in [0.29, 0.717) is 22.5 Å². The summed E-state index contributed by atoms with van der Waals surface area (Å²) in [6, 6.07) is 6.96. The fourth-order valence-corrected chi connectivity index (χ4v) is 3.95. The monoisotopic (exact) mass is 440 g/mol. The van der Waals surface area contributed by atoms with Gasteiger partial charge in [0.05, 0.1) is 29.7 Å². The van der Waals surface area contributed by atoms with Gasteiger partial charge in [-0.25, -0.2) is 14.8 Å². The summed E-state index contributed by atoms with van der Waals surface area (Å²) in [5.41, 5.74) is 3.10. The van der Waals surface area contributed by atoms with E-state index in [1.807, 2.05) is 26.0 Å². The number of benzene rings is 1. The molecule has 2 heterocycles. The number of esters is 1. The van der Waals surface area contributed by atoms with Crippen LogP contribution in [0, 0.1) is 12.8 Å². The molecule has 0 aliphatic heterocycles. The van der Waals surface area contributed by atoms with Crippen molar-refractivity contribution in [1.82, 2.24) is 14.5 Å². The van der Waals surface area contributed by atoms with Crippen molar-refractivity contribution in [3.05, 3.63) is 62.4 Å². The molecule has 1 N–H and O–H groups in total. The van der Waals surface area contributed by atoms with Gasteiger partial charge in [0, 0.05) is 19.0 Å². The molecule has 0 saturated heterocycles. The molecule has 1 saturated carbocycles. The van der Waals surface area contributed by atoms with Gasteiger partial charge in [-0.1, -0.05) is 17.7 Å². The molecule has 1 atom stereocenters. The summed E-state index contributed by atoms with van der Waals surface area (Å²) in [6.45, 7) is 3.92.